The molecule has 3 aliphatic rings. The van der Waals surface area contributed by atoms with Gasteiger partial charge in [-0.05, 0) is 68.4 Å². The lowest BCUT2D eigenvalue weighted by Gasteiger charge is -2.41. The van der Waals surface area contributed by atoms with Gasteiger partial charge < -0.3 is 10.2 Å². The Balaban J connectivity index is 0.00000182. The highest BCUT2D eigenvalue weighted by Crippen LogP contribution is 2.39. The van der Waals surface area contributed by atoms with Crippen molar-refractivity contribution in [2.75, 3.05) is 26.2 Å². The van der Waals surface area contributed by atoms with Crippen LogP contribution < -0.4 is 5.32 Å². The van der Waals surface area contributed by atoms with Gasteiger partial charge >= 0.3 is 0 Å². The Labute approximate surface area is 158 Å². The Morgan fingerprint density at radius 3 is 2.28 bits per heavy atom. The van der Waals surface area contributed by atoms with E-state index in [1.165, 1.54) is 37.7 Å². The molecular weight excluding hydrogens is 332 g/mol. The Kier molecular flexibility index (Phi) is 6.06. The molecule has 0 unspecified atom stereocenters. The Morgan fingerprint density at radius 2 is 1.68 bits per heavy atom. The van der Waals surface area contributed by atoms with Crippen LogP contribution in [0.4, 0.5) is 0 Å². The van der Waals surface area contributed by atoms with Crippen LogP contribution in [0.15, 0.2) is 30.3 Å². The minimum Gasteiger partial charge on any atom is -0.342 e. The fourth-order valence-corrected chi connectivity index (χ4v) is 5.08. The predicted octanol–water partition coefficient (Wildman–Crippen LogP) is 3.98. The zero-order valence-electron chi connectivity index (χ0n) is 15.1. The lowest BCUT2D eigenvalue weighted by molar-refractivity contribution is -0.138. The summed E-state index contributed by atoms with van der Waals surface area (Å²) in [4.78, 5) is 15.1. The molecule has 25 heavy (non-hydrogen) atoms. The van der Waals surface area contributed by atoms with Crippen LogP contribution in [0.2, 0.25) is 0 Å². The van der Waals surface area contributed by atoms with E-state index in [2.05, 4.69) is 40.5 Å². The highest BCUT2D eigenvalue weighted by molar-refractivity contribution is 5.85. The van der Waals surface area contributed by atoms with Crippen LogP contribution in [0.1, 0.15) is 56.4 Å². The number of hydrogen-bond acceptors (Lipinski definition) is 2. The van der Waals surface area contributed by atoms with Gasteiger partial charge in [-0.25, -0.2) is 0 Å². The number of benzene rings is 1. The van der Waals surface area contributed by atoms with E-state index in [9.17, 15) is 4.79 Å². The van der Waals surface area contributed by atoms with Crippen molar-refractivity contribution >= 4 is 18.3 Å². The van der Waals surface area contributed by atoms with E-state index in [1.54, 1.807) is 0 Å². The van der Waals surface area contributed by atoms with Crippen molar-refractivity contribution in [1.29, 1.82) is 0 Å². The van der Waals surface area contributed by atoms with Crippen LogP contribution in [-0.2, 0) is 4.79 Å². The molecule has 1 saturated carbocycles. The molecule has 0 radical (unpaired) electrons. The molecule has 3 fully saturated rings. The van der Waals surface area contributed by atoms with E-state index in [4.69, 9.17) is 0 Å². The third-order valence-electron chi connectivity index (χ3n) is 6.82. The Bertz CT molecular complexity index is 553. The van der Waals surface area contributed by atoms with Gasteiger partial charge in [0.1, 0.15) is 0 Å². The monoisotopic (exact) mass is 362 g/mol. The second kappa shape index (κ2) is 8.09. The van der Waals surface area contributed by atoms with Crippen LogP contribution in [0, 0.1) is 11.3 Å². The van der Waals surface area contributed by atoms with E-state index < -0.39 is 0 Å². The number of nitrogens with zero attached hydrogens (tertiary/aromatic N) is 1. The van der Waals surface area contributed by atoms with Crippen LogP contribution in [0.25, 0.3) is 0 Å². The fraction of sp³-hybridized carbons (Fsp3) is 0.667. The molecule has 1 N–H and O–H groups in total. The number of amides is 1. The van der Waals surface area contributed by atoms with Crippen molar-refractivity contribution < 1.29 is 4.79 Å². The topological polar surface area (TPSA) is 32.3 Å². The number of halogens is 1. The normalized spacial score (nSPS) is 28.6. The standard InChI is InChI=1S/C21H30N2O.ClH/c24-20(23-14-11-21(12-15-23)10-13-22-16-21)19-8-6-18(7-9-19)17-4-2-1-3-5-17;/h1-5,18-19,22H,6-16H2;1H. The van der Waals surface area contributed by atoms with Crippen LogP contribution in [-0.4, -0.2) is 37.0 Å². The van der Waals surface area contributed by atoms with Crippen molar-refractivity contribution in [3.8, 4) is 0 Å². The molecule has 1 aromatic carbocycles. The Morgan fingerprint density at radius 1 is 1.00 bits per heavy atom. The summed E-state index contributed by atoms with van der Waals surface area (Å²) >= 11 is 0. The SMILES string of the molecule is Cl.O=C(C1CCC(c2ccccc2)CC1)N1CCC2(CCNC2)CC1. The summed E-state index contributed by atoms with van der Waals surface area (Å²) in [5.41, 5.74) is 1.96. The smallest absolute Gasteiger partial charge is 0.225 e. The van der Waals surface area contributed by atoms with Gasteiger partial charge in [-0.2, -0.15) is 0 Å². The second-order valence-corrected chi connectivity index (χ2v) is 8.21. The van der Waals surface area contributed by atoms with Gasteiger partial charge in [-0.1, -0.05) is 30.3 Å². The minimum atomic E-state index is 0. The molecule has 138 valence electrons. The van der Waals surface area contributed by atoms with E-state index in [1.807, 2.05) is 0 Å². The average molecular weight is 363 g/mol. The van der Waals surface area contributed by atoms with Crippen molar-refractivity contribution in [2.45, 2.75) is 50.9 Å². The average Bonchev–Trinajstić information content (AvgIpc) is 3.11. The van der Waals surface area contributed by atoms with Crippen molar-refractivity contribution in [2.24, 2.45) is 11.3 Å². The van der Waals surface area contributed by atoms with Gasteiger partial charge in [-0.3, -0.25) is 4.79 Å². The maximum atomic E-state index is 12.9. The largest absolute Gasteiger partial charge is 0.342 e. The van der Waals surface area contributed by atoms with Crippen molar-refractivity contribution in [3.63, 3.8) is 0 Å². The van der Waals surface area contributed by atoms with Crippen molar-refractivity contribution in [3.05, 3.63) is 35.9 Å². The molecule has 0 bridgehead atoms. The summed E-state index contributed by atoms with van der Waals surface area (Å²) in [6.07, 6.45) is 8.18. The Hall–Kier alpha value is -1.06. The van der Waals surface area contributed by atoms with Gasteiger partial charge in [0.2, 0.25) is 5.91 Å². The molecule has 0 aromatic heterocycles. The van der Waals surface area contributed by atoms with E-state index in [0.717, 1.165) is 39.0 Å². The first-order valence-electron chi connectivity index (χ1n) is 9.80. The maximum Gasteiger partial charge on any atom is 0.225 e. The quantitative estimate of drug-likeness (QED) is 0.862. The lowest BCUT2D eigenvalue weighted by Crippen LogP contribution is -2.46. The molecule has 4 rings (SSSR count). The van der Waals surface area contributed by atoms with Gasteiger partial charge in [0.05, 0.1) is 0 Å². The highest BCUT2D eigenvalue weighted by atomic mass is 35.5. The van der Waals surface area contributed by atoms with Gasteiger partial charge in [0.25, 0.3) is 0 Å². The number of likely N-dealkylation sites (tertiary alicyclic amines) is 1. The first kappa shape index (κ1) is 18.7. The molecular formula is C21H31ClN2O. The summed E-state index contributed by atoms with van der Waals surface area (Å²) in [6.45, 7) is 4.30. The first-order chi connectivity index (χ1) is 11.8. The van der Waals surface area contributed by atoms with Crippen LogP contribution in [0.5, 0.6) is 0 Å². The van der Waals surface area contributed by atoms with Gasteiger partial charge in [0, 0.05) is 25.6 Å². The highest BCUT2D eigenvalue weighted by Gasteiger charge is 2.39. The van der Waals surface area contributed by atoms with Crippen LogP contribution in [0.3, 0.4) is 0 Å². The lowest BCUT2D eigenvalue weighted by atomic mass is 9.76. The minimum absolute atomic E-state index is 0. The number of hydrogen-bond donors (Lipinski definition) is 1. The summed E-state index contributed by atoms with van der Waals surface area (Å²) in [7, 11) is 0. The van der Waals surface area contributed by atoms with Gasteiger partial charge in [0.15, 0.2) is 0 Å². The van der Waals surface area contributed by atoms with Crippen molar-refractivity contribution in [1.82, 2.24) is 10.2 Å². The number of carbonyl (C=O) groups excluding carboxylic acids is 1. The van der Waals surface area contributed by atoms with E-state index in [-0.39, 0.29) is 18.3 Å². The van der Waals surface area contributed by atoms with E-state index in [0.29, 0.717) is 17.2 Å². The van der Waals surface area contributed by atoms with Crippen LogP contribution >= 0.6 is 12.4 Å². The van der Waals surface area contributed by atoms with E-state index >= 15 is 0 Å². The number of rotatable bonds is 2. The van der Waals surface area contributed by atoms with Gasteiger partial charge in [-0.15, -0.1) is 12.4 Å². The molecule has 2 saturated heterocycles. The third kappa shape index (κ3) is 4.03. The predicted molar refractivity (Wildman–Crippen MR) is 104 cm³/mol. The second-order valence-electron chi connectivity index (χ2n) is 8.21. The molecule has 1 aromatic rings. The molecule has 0 atom stereocenters. The zero-order valence-corrected chi connectivity index (χ0v) is 15.9. The molecule has 2 aliphatic heterocycles. The summed E-state index contributed by atoms with van der Waals surface area (Å²) in [5, 5.41) is 3.51. The zero-order chi connectivity index (χ0) is 16.4. The molecule has 3 nitrogen and oxygen atoms in total. The molecule has 1 aliphatic carbocycles. The molecule has 1 amide bonds. The number of carbonyl (C=O) groups is 1. The maximum absolute atomic E-state index is 12.9. The molecule has 1 spiro atoms. The molecule has 2 heterocycles. The summed E-state index contributed by atoms with van der Waals surface area (Å²) in [5.74, 6) is 1.38. The number of piperidine rings is 1. The summed E-state index contributed by atoms with van der Waals surface area (Å²) in [6, 6.07) is 10.8. The number of nitrogens with one attached hydrogen (secondary N) is 1. The third-order valence-corrected chi connectivity index (χ3v) is 6.82. The summed E-state index contributed by atoms with van der Waals surface area (Å²) < 4.78 is 0. The first-order valence-corrected chi connectivity index (χ1v) is 9.80. The molecule has 4 heteroatoms. The fourth-order valence-electron chi connectivity index (χ4n) is 5.08.